The quantitative estimate of drug-likeness (QED) is 0.601. The SMILES string of the molecule is CCCN(CCC)CCN1CCC[Si]1(OC)OC. The molecule has 1 saturated heterocycles. The summed E-state index contributed by atoms with van der Waals surface area (Å²) in [6.07, 6.45) is 3.68. The van der Waals surface area contributed by atoms with Crippen LogP contribution in [0.1, 0.15) is 33.1 Å². The van der Waals surface area contributed by atoms with Gasteiger partial charge < -0.3 is 13.8 Å². The highest BCUT2D eigenvalue weighted by atomic mass is 28.4. The van der Waals surface area contributed by atoms with Gasteiger partial charge in [-0.25, -0.2) is 0 Å². The van der Waals surface area contributed by atoms with Crippen LogP contribution in [0.5, 0.6) is 0 Å². The van der Waals surface area contributed by atoms with Crippen LogP contribution in [0.2, 0.25) is 6.04 Å². The molecule has 0 aromatic rings. The lowest BCUT2D eigenvalue weighted by molar-refractivity contribution is 0.168. The average Bonchev–Trinajstić information content (AvgIpc) is 2.80. The maximum atomic E-state index is 5.74. The van der Waals surface area contributed by atoms with E-state index in [4.69, 9.17) is 8.85 Å². The molecule has 108 valence electrons. The van der Waals surface area contributed by atoms with Crippen molar-refractivity contribution in [3.63, 3.8) is 0 Å². The van der Waals surface area contributed by atoms with Crippen molar-refractivity contribution in [2.24, 2.45) is 0 Å². The molecule has 5 heteroatoms. The lowest BCUT2D eigenvalue weighted by Crippen LogP contribution is -2.55. The predicted octanol–water partition coefficient (Wildman–Crippen LogP) is 2.05. The van der Waals surface area contributed by atoms with E-state index in [-0.39, 0.29) is 0 Å². The highest BCUT2D eigenvalue weighted by Crippen LogP contribution is 2.26. The Labute approximate surface area is 114 Å². The zero-order chi connectivity index (χ0) is 13.4. The monoisotopic (exact) mass is 274 g/mol. The molecule has 0 bridgehead atoms. The van der Waals surface area contributed by atoms with Crippen LogP contribution in [0.15, 0.2) is 0 Å². The zero-order valence-corrected chi connectivity index (χ0v) is 13.6. The number of rotatable bonds is 9. The second kappa shape index (κ2) is 8.27. The highest BCUT2D eigenvalue weighted by molar-refractivity contribution is 6.65. The van der Waals surface area contributed by atoms with Crippen LogP contribution in [0.3, 0.4) is 0 Å². The maximum absolute atomic E-state index is 5.74. The van der Waals surface area contributed by atoms with E-state index in [2.05, 4.69) is 23.3 Å². The Morgan fingerprint density at radius 1 is 1.06 bits per heavy atom. The molecule has 1 heterocycles. The number of nitrogens with zero attached hydrogens (tertiary/aromatic N) is 2. The summed E-state index contributed by atoms with van der Waals surface area (Å²) in [4.78, 5) is 2.56. The third-order valence-electron chi connectivity index (χ3n) is 3.81. The van der Waals surface area contributed by atoms with E-state index in [0.29, 0.717) is 0 Å². The molecule has 0 spiro atoms. The molecule has 0 aromatic heterocycles. The van der Waals surface area contributed by atoms with Crippen molar-refractivity contribution >= 4 is 8.72 Å². The van der Waals surface area contributed by atoms with Gasteiger partial charge in [-0.3, -0.25) is 4.57 Å². The van der Waals surface area contributed by atoms with Crippen molar-refractivity contribution in [3.05, 3.63) is 0 Å². The highest BCUT2D eigenvalue weighted by Gasteiger charge is 2.47. The summed E-state index contributed by atoms with van der Waals surface area (Å²) in [5, 5.41) is 0. The van der Waals surface area contributed by atoms with Gasteiger partial charge in [-0.1, -0.05) is 13.8 Å². The van der Waals surface area contributed by atoms with Crippen molar-refractivity contribution < 1.29 is 8.85 Å². The van der Waals surface area contributed by atoms with E-state index in [1.54, 1.807) is 0 Å². The molecule has 0 N–H and O–H groups in total. The minimum Gasteiger partial charge on any atom is -0.386 e. The zero-order valence-electron chi connectivity index (χ0n) is 12.6. The molecule has 18 heavy (non-hydrogen) atoms. The summed E-state index contributed by atoms with van der Waals surface area (Å²) in [6, 6.07) is 1.11. The van der Waals surface area contributed by atoms with E-state index >= 15 is 0 Å². The van der Waals surface area contributed by atoms with Crippen LogP contribution in [-0.2, 0) is 8.85 Å². The summed E-state index contributed by atoms with van der Waals surface area (Å²) in [5.74, 6) is 0. The second-order valence-electron chi connectivity index (χ2n) is 5.05. The Morgan fingerprint density at radius 3 is 2.17 bits per heavy atom. The Kier molecular flexibility index (Phi) is 7.40. The first-order chi connectivity index (χ1) is 8.72. The predicted molar refractivity (Wildman–Crippen MR) is 77.8 cm³/mol. The van der Waals surface area contributed by atoms with Gasteiger partial charge in [0.2, 0.25) is 0 Å². The standard InChI is InChI=1S/C13H30N2O2Si/c1-5-8-14(9-6-2)11-12-15-10-7-13-18(15,16-3)17-4/h5-13H2,1-4H3. The molecule has 0 radical (unpaired) electrons. The van der Waals surface area contributed by atoms with Crippen molar-refractivity contribution in [2.45, 2.75) is 39.2 Å². The van der Waals surface area contributed by atoms with Crippen molar-refractivity contribution in [2.75, 3.05) is 46.9 Å². The van der Waals surface area contributed by atoms with Gasteiger partial charge >= 0.3 is 8.72 Å². The Morgan fingerprint density at radius 2 is 1.67 bits per heavy atom. The first-order valence-corrected chi connectivity index (χ1v) is 9.27. The van der Waals surface area contributed by atoms with E-state index in [9.17, 15) is 0 Å². The molecular weight excluding hydrogens is 244 g/mol. The van der Waals surface area contributed by atoms with Crippen LogP contribution < -0.4 is 0 Å². The lowest BCUT2D eigenvalue weighted by atomic mass is 10.3. The minimum absolute atomic E-state index is 1.09. The van der Waals surface area contributed by atoms with Gasteiger partial charge in [0.15, 0.2) is 0 Å². The van der Waals surface area contributed by atoms with Crippen LogP contribution >= 0.6 is 0 Å². The Balaban J connectivity index is 2.45. The lowest BCUT2D eigenvalue weighted by Gasteiger charge is -2.33. The second-order valence-corrected chi connectivity index (χ2v) is 8.43. The van der Waals surface area contributed by atoms with E-state index in [0.717, 1.165) is 25.7 Å². The summed E-state index contributed by atoms with van der Waals surface area (Å²) in [6.45, 7) is 10.3. The topological polar surface area (TPSA) is 24.9 Å². The van der Waals surface area contributed by atoms with Crippen LogP contribution in [0.4, 0.5) is 0 Å². The number of hydrogen-bond acceptors (Lipinski definition) is 4. The maximum Gasteiger partial charge on any atom is 0.427 e. The third-order valence-corrected chi connectivity index (χ3v) is 7.48. The summed E-state index contributed by atoms with van der Waals surface area (Å²) >= 11 is 0. The normalized spacial score (nSPS) is 19.8. The van der Waals surface area contributed by atoms with Crippen LogP contribution in [-0.4, -0.2) is 65.1 Å². The van der Waals surface area contributed by atoms with Gasteiger partial charge in [-0.05, 0) is 38.9 Å². The van der Waals surface area contributed by atoms with Gasteiger partial charge in [-0.2, -0.15) is 0 Å². The summed E-state index contributed by atoms with van der Waals surface area (Å²) in [5.41, 5.74) is 0. The van der Waals surface area contributed by atoms with Gasteiger partial charge in [0.1, 0.15) is 0 Å². The molecule has 0 unspecified atom stereocenters. The van der Waals surface area contributed by atoms with Crippen molar-refractivity contribution in [1.82, 2.24) is 9.47 Å². The molecule has 0 aromatic carbocycles. The largest absolute Gasteiger partial charge is 0.427 e. The fraction of sp³-hybridized carbons (Fsp3) is 1.00. The van der Waals surface area contributed by atoms with Gasteiger partial charge in [-0.15, -0.1) is 0 Å². The molecular formula is C13H30N2O2Si. The van der Waals surface area contributed by atoms with Crippen LogP contribution in [0, 0.1) is 0 Å². The Bertz CT molecular complexity index is 219. The Hall–Kier alpha value is 0.0569. The molecule has 0 saturated carbocycles. The van der Waals surface area contributed by atoms with Gasteiger partial charge in [0.25, 0.3) is 0 Å². The third kappa shape index (κ3) is 4.03. The van der Waals surface area contributed by atoms with Gasteiger partial charge in [0, 0.05) is 33.4 Å². The summed E-state index contributed by atoms with van der Waals surface area (Å²) in [7, 11) is 1.60. The molecule has 0 amide bonds. The molecule has 1 aliphatic heterocycles. The molecule has 0 atom stereocenters. The smallest absolute Gasteiger partial charge is 0.386 e. The van der Waals surface area contributed by atoms with Crippen molar-refractivity contribution in [1.29, 1.82) is 0 Å². The molecule has 1 rings (SSSR count). The van der Waals surface area contributed by atoms with Gasteiger partial charge in [0.05, 0.1) is 0 Å². The first-order valence-electron chi connectivity index (χ1n) is 7.30. The minimum atomic E-state index is -2.02. The fourth-order valence-electron chi connectivity index (χ4n) is 2.88. The van der Waals surface area contributed by atoms with Crippen LogP contribution in [0.25, 0.3) is 0 Å². The average molecular weight is 274 g/mol. The molecule has 1 aliphatic rings. The van der Waals surface area contributed by atoms with Crippen molar-refractivity contribution in [3.8, 4) is 0 Å². The van der Waals surface area contributed by atoms with E-state index < -0.39 is 8.72 Å². The first kappa shape index (κ1) is 16.1. The van der Waals surface area contributed by atoms with E-state index in [1.807, 2.05) is 14.2 Å². The summed E-state index contributed by atoms with van der Waals surface area (Å²) < 4.78 is 14.0. The van der Waals surface area contributed by atoms with E-state index in [1.165, 1.54) is 32.4 Å². The molecule has 0 aliphatic carbocycles. The number of hydrogen-bond donors (Lipinski definition) is 0. The fourth-order valence-corrected chi connectivity index (χ4v) is 5.83. The molecule has 1 fully saturated rings. The molecule has 4 nitrogen and oxygen atoms in total.